The maximum atomic E-state index is 11.8. The van der Waals surface area contributed by atoms with E-state index in [1.165, 1.54) is 35.6 Å². The van der Waals surface area contributed by atoms with Crippen molar-refractivity contribution in [1.82, 2.24) is 15.0 Å². The molecule has 0 aliphatic carbocycles. The Morgan fingerprint density at radius 2 is 1.90 bits per heavy atom. The van der Waals surface area contributed by atoms with Gasteiger partial charge >= 0.3 is 5.97 Å². The SMILES string of the molecule is CS(=O)(=O)c1cccc(Nc2nc(-c3cccc(C(=O)O)c3)nc3scnc23)c1. The van der Waals surface area contributed by atoms with Crippen LogP contribution in [-0.2, 0) is 9.84 Å². The molecule has 0 aliphatic rings. The van der Waals surface area contributed by atoms with Crippen molar-refractivity contribution in [3.8, 4) is 11.4 Å². The summed E-state index contributed by atoms with van der Waals surface area (Å²) in [6, 6.07) is 12.7. The van der Waals surface area contributed by atoms with Crippen molar-refractivity contribution in [2.75, 3.05) is 11.6 Å². The van der Waals surface area contributed by atoms with Crippen molar-refractivity contribution in [2.24, 2.45) is 0 Å². The molecule has 4 aromatic rings. The van der Waals surface area contributed by atoms with Crippen LogP contribution >= 0.6 is 11.3 Å². The van der Waals surface area contributed by atoms with Crippen LogP contribution in [0.4, 0.5) is 11.5 Å². The molecule has 0 atom stereocenters. The zero-order valence-electron chi connectivity index (χ0n) is 15.0. The molecule has 29 heavy (non-hydrogen) atoms. The van der Waals surface area contributed by atoms with E-state index < -0.39 is 15.8 Å². The molecule has 0 saturated carbocycles. The highest BCUT2D eigenvalue weighted by Crippen LogP contribution is 2.29. The summed E-state index contributed by atoms with van der Waals surface area (Å²) in [7, 11) is -3.36. The number of aromatic carboxylic acids is 1. The monoisotopic (exact) mass is 426 g/mol. The van der Waals surface area contributed by atoms with Gasteiger partial charge in [0, 0.05) is 17.5 Å². The fourth-order valence-electron chi connectivity index (χ4n) is 2.71. The average molecular weight is 426 g/mol. The number of fused-ring (bicyclic) bond motifs is 1. The Kier molecular flexibility index (Phi) is 4.73. The molecule has 146 valence electrons. The predicted molar refractivity (Wildman–Crippen MR) is 110 cm³/mol. The molecule has 0 spiro atoms. The number of sulfone groups is 1. The van der Waals surface area contributed by atoms with Gasteiger partial charge in [0.2, 0.25) is 0 Å². The quantitative estimate of drug-likeness (QED) is 0.496. The molecule has 0 bridgehead atoms. The Hall–Kier alpha value is -3.37. The molecule has 0 unspecified atom stereocenters. The molecule has 2 heterocycles. The molecule has 10 heteroatoms. The van der Waals surface area contributed by atoms with E-state index in [4.69, 9.17) is 0 Å². The summed E-state index contributed by atoms with van der Waals surface area (Å²) in [5, 5.41) is 12.3. The number of nitrogens with zero attached hydrogens (tertiary/aromatic N) is 3. The molecule has 2 N–H and O–H groups in total. The number of rotatable bonds is 5. The molecule has 0 fully saturated rings. The van der Waals surface area contributed by atoms with Gasteiger partial charge in [-0.3, -0.25) is 0 Å². The number of anilines is 2. The summed E-state index contributed by atoms with van der Waals surface area (Å²) in [5.74, 6) is -0.300. The van der Waals surface area contributed by atoms with Crippen LogP contribution in [0.5, 0.6) is 0 Å². The zero-order valence-corrected chi connectivity index (χ0v) is 16.7. The number of hydrogen-bond donors (Lipinski definition) is 2. The number of carbonyl (C=O) groups is 1. The van der Waals surface area contributed by atoms with Crippen LogP contribution < -0.4 is 5.32 Å². The molecule has 0 aliphatic heterocycles. The maximum Gasteiger partial charge on any atom is 0.335 e. The first-order valence-corrected chi connectivity index (χ1v) is 11.1. The van der Waals surface area contributed by atoms with Crippen molar-refractivity contribution in [3.63, 3.8) is 0 Å². The average Bonchev–Trinajstić information content (AvgIpc) is 3.16. The Balaban J connectivity index is 1.81. The number of nitrogens with one attached hydrogen (secondary N) is 1. The van der Waals surface area contributed by atoms with Crippen molar-refractivity contribution in [2.45, 2.75) is 4.90 Å². The second-order valence-electron chi connectivity index (χ2n) is 6.21. The first-order chi connectivity index (χ1) is 13.8. The van der Waals surface area contributed by atoms with Crippen molar-refractivity contribution in [1.29, 1.82) is 0 Å². The minimum Gasteiger partial charge on any atom is -0.478 e. The zero-order chi connectivity index (χ0) is 20.6. The third-order valence-electron chi connectivity index (χ3n) is 4.09. The normalized spacial score (nSPS) is 11.5. The lowest BCUT2D eigenvalue weighted by atomic mass is 10.1. The summed E-state index contributed by atoms with van der Waals surface area (Å²) in [5.41, 5.74) is 3.39. The lowest BCUT2D eigenvalue weighted by Gasteiger charge is -2.10. The highest BCUT2D eigenvalue weighted by molar-refractivity contribution is 7.90. The van der Waals surface area contributed by atoms with E-state index in [9.17, 15) is 18.3 Å². The molecule has 0 saturated heterocycles. The Morgan fingerprint density at radius 3 is 2.66 bits per heavy atom. The molecule has 2 aromatic carbocycles. The fraction of sp³-hybridized carbons (Fsp3) is 0.0526. The molecule has 2 aromatic heterocycles. The Labute approximate surface area is 169 Å². The lowest BCUT2D eigenvalue weighted by molar-refractivity contribution is 0.0697. The highest BCUT2D eigenvalue weighted by Gasteiger charge is 2.14. The first kappa shape index (κ1) is 19.0. The number of hydrogen-bond acceptors (Lipinski definition) is 8. The van der Waals surface area contributed by atoms with Gasteiger partial charge in [0.25, 0.3) is 0 Å². The van der Waals surface area contributed by atoms with Gasteiger partial charge in [-0.2, -0.15) is 0 Å². The minimum absolute atomic E-state index is 0.130. The minimum atomic E-state index is -3.36. The third kappa shape index (κ3) is 3.93. The van der Waals surface area contributed by atoms with Gasteiger partial charge in [0.1, 0.15) is 10.3 Å². The third-order valence-corrected chi connectivity index (χ3v) is 5.92. The molecule has 4 rings (SSSR count). The summed E-state index contributed by atoms with van der Waals surface area (Å²) in [4.78, 5) is 25.3. The Morgan fingerprint density at radius 1 is 1.10 bits per heavy atom. The van der Waals surface area contributed by atoms with Crippen LogP contribution in [0, 0.1) is 0 Å². The van der Waals surface area contributed by atoms with Gasteiger partial charge in [0.05, 0.1) is 16.0 Å². The summed E-state index contributed by atoms with van der Waals surface area (Å²) in [6.45, 7) is 0. The Bertz CT molecular complexity index is 1350. The maximum absolute atomic E-state index is 11.8. The fourth-order valence-corrected chi connectivity index (χ4v) is 4.04. The second-order valence-corrected chi connectivity index (χ2v) is 9.06. The molecule has 0 amide bonds. The number of carboxylic acids is 1. The van der Waals surface area contributed by atoms with E-state index in [2.05, 4.69) is 20.3 Å². The molecular weight excluding hydrogens is 412 g/mol. The number of benzene rings is 2. The number of carboxylic acid groups (broad SMARTS) is 1. The van der Waals surface area contributed by atoms with Gasteiger partial charge < -0.3 is 10.4 Å². The van der Waals surface area contributed by atoms with Gasteiger partial charge in [-0.1, -0.05) is 18.2 Å². The van der Waals surface area contributed by atoms with E-state index in [-0.39, 0.29) is 10.5 Å². The summed E-state index contributed by atoms with van der Waals surface area (Å²) in [6.07, 6.45) is 1.14. The molecule has 8 nitrogen and oxygen atoms in total. The van der Waals surface area contributed by atoms with Crippen molar-refractivity contribution < 1.29 is 18.3 Å². The second kappa shape index (κ2) is 7.22. The van der Waals surface area contributed by atoms with E-state index >= 15 is 0 Å². The van der Waals surface area contributed by atoms with Crippen molar-refractivity contribution >= 4 is 49.0 Å². The van der Waals surface area contributed by atoms with E-state index in [0.29, 0.717) is 33.2 Å². The molecule has 0 radical (unpaired) electrons. The van der Waals surface area contributed by atoms with Gasteiger partial charge in [-0.05, 0) is 30.3 Å². The topological polar surface area (TPSA) is 122 Å². The van der Waals surface area contributed by atoms with Crippen LogP contribution in [0.15, 0.2) is 58.9 Å². The van der Waals surface area contributed by atoms with Gasteiger partial charge in [-0.15, -0.1) is 11.3 Å². The van der Waals surface area contributed by atoms with Crippen LogP contribution in [0.25, 0.3) is 21.7 Å². The number of thiazole rings is 1. The van der Waals surface area contributed by atoms with E-state index in [0.717, 1.165) is 6.26 Å². The first-order valence-electron chi connectivity index (χ1n) is 8.33. The van der Waals surface area contributed by atoms with Crippen molar-refractivity contribution in [3.05, 3.63) is 59.6 Å². The molecular formula is C19H14N4O4S2. The van der Waals surface area contributed by atoms with Crippen LogP contribution in [0.3, 0.4) is 0 Å². The van der Waals surface area contributed by atoms with Gasteiger partial charge in [0.15, 0.2) is 21.5 Å². The van der Waals surface area contributed by atoms with Crippen LogP contribution in [-0.4, -0.2) is 40.7 Å². The summed E-state index contributed by atoms with van der Waals surface area (Å²) < 4.78 is 23.6. The van der Waals surface area contributed by atoms with E-state index in [1.807, 2.05) is 0 Å². The standard InChI is InChI=1S/C19H14N4O4S2/c1-29(26,27)14-7-3-6-13(9-14)21-17-15-18(28-10-20-15)23-16(22-17)11-4-2-5-12(8-11)19(24)25/h2-10H,1H3,(H,24,25)(H,21,22,23). The van der Waals surface area contributed by atoms with E-state index in [1.54, 1.807) is 29.8 Å². The van der Waals surface area contributed by atoms with Gasteiger partial charge in [-0.25, -0.2) is 28.2 Å². The lowest BCUT2D eigenvalue weighted by Crippen LogP contribution is -2.02. The smallest absolute Gasteiger partial charge is 0.335 e. The predicted octanol–water partition coefficient (Wildman–Crippen LogP) is 3.60. The highest BCUT2D eigenvalue weighted by atomic mass is 32.2. The van der Waals surface area contributed by atoms with Crippen LogP contribution in [0.2, 0.25) is 0 Å². The summed E-state index contributed by atoms with van der Waals surface area (Å²) >= 11 is 1.32. The largest absolute Gasteiger partial charge is 0.478 e. The number of aromatic nitrogens is 3. The van der Waals surface area contributed by atoms with Crippen LogP contribution in [0.1, 0.15) is 10.4 Å².